The van der Waals surface area contributed by atoms with Gasteiger partial charge in [0.05, 0.1) is 18.1 Å². The van der Waals surface area contributed by atoms with Crippen LogP contribution in [-0.2, 0) is 9.53 Å². The van der Waals surface area contributed by atoms with Crippen molar-refractivity contribution < 1.29 is 14.3 Å². The van der Waals surface area contributed by atoms with Crippen LogP contribution >= 0.6 is 11.8 Å². The van der Waals surface area contributed by atoms with Crippen molar-refractivity contribution >= 4 is 29.0 Å². The number of hydrogen-bond donors (Lipinski definition) is 0. The molecular weight excluding hydrogens is 274 g/mol. The number of carbonyl (C=O) groups is 2. The third-order valence-electron chi connectivity index (χ3n) is 2.73. The van der Waals surface area contributed by atoms with Crippen LogP contribution in [0.4, 0.5) is 4.79 Å². The van der Waals surface area contributed by atoms with Gasteiger partial charge in [0, 0.05) is 7.11 Å². The maximum absolute atomic E-state index is 12.0. The van der Waals surface area contributed by atoms with Crippen molar-refractivity contribution in [2.45, 2.75) is 0 Å². The Morgan fingerprint density at radius 2 is 2.00 bits per heavy atom. The van der Waals surface area contributed by atoms with Crippen molar-refractivity contribution in [1.29, 1.82) is 0 Å². The molecule has 1 saturated heterocycles. The first-order valence-electron chi connectivity index (χ1n) is 6.18. The number of allylic oxidation sites excluding steroid dienone is 2. The molecule has 0 atom stereocenters. The fourth-order valence-electron chi connectivity index (χ4n) is 1.70. The highest BCUT2D eigenvalue weighted by Gasteiger charge is 2.34. The summed E-state index contributed by atoms with van der Waals surface area (Å²) >= 11 is 0.959. The van der Waals surface area contributed by atoms with Crippen LogP contribution in [0.25, 0.3) is 6.08 Å². The third kappa shape index (κ3) is 3.59. The molecule has 20 heavy (non-hydrogen) atoms. The van der Waals surface area contributed by atoms with Crippen molar-refractivity contribution in [2.24, 2.45) is 0 Å². The van der Waals surface area contributed by atoms with Crippen LogP contribution in [0.15, 0.2) is 47.4 Å². The third-order valence-corrected chi connectivity index (χ3v) is 3.65. The van der Waals surface area contributed by atoms with Crippen molar-refractivity contribution in [3.8, 4) is 0 Å². The minimum Gasteiger partial charge on any atom is -0.383 e. The number of methoxy groups -OCH3 is 1. The second-order valence-electron chi connectivity index (χ2n) is 4.12. The SMILES string of the molecule is COCCN1C(=O)S/C(=C/C=C\c2ccccc2)C1=O. The number of ether oxygens (including phenoxy) is 1. The zero-order chi connectivity index (χ0) is 14.4. The lowest BCUT2D eigenvalue weighted by Gasteiger charge is -2.10. The van der Waals surface area contributed by atoms with Crippen LogP contribution in [0.2, 0.25) is 0 Å². The summed E-state index contributed by atoms with van der Waals surface area (Å²) in [6, 6.07) is 9.76. The number of imide groups is 1. The lowest BCUT2D eigenvalue weighted by atomic mass is 10.2. The number of nitrogens with zero attached hydrogens (tertiary/aromatic N) is 1. The van der Waals surface area contributed by atoms with E-state index in [2.05, 4.69) is 0 Å². The Hall–Kier alpha value is -1.85. The molecule has 5 heteroatoms. The topological polar surface area (TPSA) is 46.6 Å². The van der Waals surface area contributed by atoms with Gasteiger partial charge in [-0.05, 0) is 23.4 Å². The lowest BCUT2D eigenvalue weighted by molar-refractivity contribution is -0.123. The average molecular weight is 289 g/mol. The Labute approximate surface area is 122 Å². The summed E-state index contributed by atoms with van der Waals surface area (Å²) in [5.41, 5.74) is 1.04. The Balaban J connectivity index is 2.03. The van der Waals surface area contributed by atoms with E-state index in [0.717, 1.165) is 17.3 Å². The van der Waals surface area contributed by atoms with Gasteiger partial charge in [0.2, 0.25) is 0 Å². The molecule has 0 saturated carbocycles. The molecule has 0 spiro atoms. The van der Waals surface area contributed by atoms with Gasteiger partial charge in [-0.2, -0.15) is 0 Å². The van der Waals surface area contributed by atoms with Crippen LogP contribution < -0.4 is 0 Å². The highest BCUT2D eigenvalue weighted by atomic mass is 32.2. The van der Waals surface area contributed by atoms with Gasteiger partial charge in [-0.15, -0.1) is 0 Å². The summed E-state index contributed by atoms with van der Waals surface area (Å²) in [4.78, 5) is 25.3. The zero-order valence-corrected chi connectivity index (χ0v) is 11.9. The van der Waals surface area contributed by atoms with Gasteiger partial charge in [-0.3, -0.25) is 14.5 Å². The van der Waals surface area contributed by atoms with Crippen LogP contribution in [0.3, 0.4) is 0 Å². The molecule has 1 heterocycles. The number of amides is 2. The molecule has 1 aliphatic rings. The van der Waals surface area contributed by atoms with Crippen molar-refractivity contribution in [1.82, 2.24) is 4.90 Å². The first kappa shape index (κ1) is 14.6. The van der Waals surface area contributed by atoms with Crippen LogP contribution in [0, 0.1) is 0 Å². The molecule has 2 amide bonds. The first-order valence-corrected chi connectivity index (χ1v) is 7.00. The van der Waals surface area contributed by atoms with E-state index in [0.29, 0.717) is 18.1 Å². The fraction of sp³-hybridized carbons (Fsp3) is 0.200. The summed E-state index contributed by atoms with van der Waals surface area (Å²) in [5.74, 6) is -0.255. The van der Waals surface area contributed by atoms with Crippen molar-refractivity contribution in [3.63, 3.8) is 0 Å². The van der Waals surface area contributed by atoms with E-state index < -0.39 is 0 Å². The van der Waals surface area contributed by atoms with Gasteiger partial charge in [0.15, 0.2) is 0 Å². The number of thioether (sulfide) groups is 1. The van der Waals surface area contributed by atoms with E-state index >= 15 is 0 Å². The number of benzene rings is 1. The molecule has 1 aliphatic heterocycles. The molecule has 0 N–H and O–H groups in total. The van der Waals surface area contributed by atoms with Gasteiger partial charge in [0.25, 0.3) is 11.1 Å². The highest BCUT2D eigenvalue weighted by Crippen LogP contribution is 2.30. The number of carbonyl (C=O) groups excluding carboxylic acids is 2. The molecule has 4 nitrogen and oxygen atoms in total. The van der Waals surface area contributed by atoms with Crippen LogP contribution in [-0.4, -0.2) is 36.3 Å². The van der Waals surface area contributed by atoms with Crippen LogP contribution in [0.1, 0.15) is 5.56 Å². The predicted molar refractivity (Wildman–Crippen MR) is 80.1 cm³/mol. The van der Waals surface area contributed by atoms with Crippen molar-refractivity contribution in [2.75, 3.05) is 20.3 Å². The fourth-order valence-corrected chi connectivity index (χ4v) is 2.52. The molecule has 1 aromatic carbocycles. The van der Waals surface area contributed by atoms with E-state index in [4.69, 9.17) is 4.74 Å². The molecule has 1 fully saturated rings. The van der Waals surface area contributed by atoms with Crippen LogP contribution in [0.5, 0.6) is 0 Å². The monoisotopic (exact) mass is 289 g/mol. The van der Waals surface area contributed by atoms with E-state index in [-0.39, 0.29) is 11.1 Å². The second kappa shape index (κ2) is 7.07. The summed E-state index contributed by atoms with van der Waals surface area (Å²) in [6.07, 6.45) is 5.34. The average Bonchev–Trinajstić information content (AvgIpc) is 2.73. The minimum atomic E-state index is -0.255. The van der Waals surface area contributed by atoms with E-state index in [1.54, 1.807) is 12.2 Å². The van der Waals surface area contributed by atoms with Gasteiger partial charge < -0.3 is 4.74 Å². The predicted octanol–water partition coefficient (Wildman–Crippen LogP) is 2.93. The van der Waals surface area contributed by atoms with E-state index in [1.165, 1.54) is 12.0 Å². The molecule has 0 aromatic heterocycles. The maximum atomic E-state index is 12.0. The highest BCUT2D eigenvalue weighted by molar-refractivity contribution is 8.18. The Kier molecular flexibility index (Phi) is 5.15. The Bertz CT molecular complexity index is 551. The molecule has 1 aromatic rings. The zero-order valence-electron chi connectivity index (χ0n) is 11.1. The smallest absolute Gasteiger partial charge is 0.293 e. The standard InChI is InChI=1S/C15H15NO3S/c1-19-11-10-16-14(17)13(20-15(16)18)9-5-8-12-6-3-2-4-7-12/h2-9H,10-11H2,1H3/b8-5-,13-9+. The molecule has 2 rings (SSSR count). The van der Waals surface area contributed by atoms with E-state index in [9.17, 15) is 9.59 Å². The van der Waals surface area contributed by atoms with E-state index in [1.807, 2.05) is 36.4 Å². The summed E-state index contributed by atoms with van der Waals surface area (Å²) < 4.78 is 4.89. The van der Waals surface area contributed by atoms with Gasteiger partial charge in [0.1, 0.15) is 0 Å². The van der Waals surface area contributed by atoms with Crippen molar-refractivity contribution in [3.05, 3.63) is 53.0 Å². The largest absolute Gasteiger partial charge is 0.383 e. The van der Waals surface area contributed by atoms with Gasteiger partial charge >= 0.3 is 0 Å². The summed E-state index contributed by atoms with van der Waals surface area (Å²) in [6.45, 7) is 0.645. The lowest BCUT2D eigenvalue weighted by Crippen LogP contribution is -2.31. The molecule has 0 bridgehead atoms. The minimum absolute atomic E-state index is 0.244. The van der Waals surface area contributed by atoms with Gasteiger partial charge in [-0.1, -0.05) is 42.5 Å². The molecule has 104 valence electrons. The molecular formula is C15H15NO3S. The molecule has 0 radical (unpaired) electrons. The molecule has 0 aliphatic carbocycles. The summed E-state index contributed by atoms with van der Waals surface area (Å²) in [5, 5.41) is -0.244. The Morgan fingerprint density at radius 1 is 1.25 bits per heavy atom. The number of hydrogen-bond acceptors (Lipinski definition) is 4. The maximum Gasteiger partial charge on any atom is 0.293 e. The normalized spacial score (nSPS) is 17.6. The first-order chi connectivity index (χ1) is 9.72. The summed E-state index contributed by atoms with van der Waals surface area (Å²) in [7, 11) is 1.54. The second-order valence-corrected chi connectivity index (χ2v) is 5.11. The van der Waals surface area contributed by atoms with Gasteiger partial charge in [-0.25, -0.2) is 0 Å². The Morgan fingerprint density at radius 3 is 2.70 bits per heavy atom. The number of rotatable bonds is 5. The molecule has 0 unspecified atom stereocenters. The quantitative estimate of drug-likeness (QED) is 0.782.